The molecule has 2 aromatic heterocycles. The van der Waals surface area contributed by atoms with E-state index in [-0.39, 0.29) is 28.6 Å². The predicted molar refractivity (Wildman–Crippen MR) is 128 cm³/mol. The molecule has 0 aliphatic carbocycles. The first kappa shape index (κ1) is 26.2. The monoisotopic (exact) mass is 540 g/mol. The standard InChI is InChI=1S/C20H20N4O8S3/c1-3-32-18(28)12-4-5-13-14(8-12)34-20(24(13)9-17(27)31-2)23-16(26)11-35(29,30)10-15(25)22-19-21-6-7-33-19/h4-8H,3,9-11H2,1-2H3,(H,21,22,25). The topological polar surface area (TPSA) is 163 Å². The summed E-state index contributed by atoms with van der Waals surface area (Å²) in [6.45, 7) is 1.56. The summed E-state index contributed by atoms with van der Waals surface area (Å²) in [5.74, 6) is -4.97. The number of nitrogens with zero attached hydrogens (tertiary/aromatic N) is 3. The van der Waals surface area contributed by atoms with Crippen molar-refractivity contribution in [3.05, 3.63) is 40.1 Å². The molecule has 2 amide bonds. The summed E-state index contributed by atoms with van der Waals surface area (Å²) in [6.07, 6.45) is 1.45. The van der Waals surface area contributed by atoms with E-state index in [9.17, 15) is 27.6 Å². The van der Waals surface area contributed by atoms with Gasteiger partial charge in [0.05, 0.1) is 29.5 Å². The Balaban J connectivity index is 1.88. The largest absolute Gasteiger partial charge is 0.468 e. The zero-order chi connectivity index (χ0) is 25.6. The van der Waals surface area contributed by atoms with E-state index in [0.717, 1.165) is 22.7 Å². The van der Waals surface area contributed by atoms with E-state index < -0.39 is 45.1 Å². The lowest BCUT2D eigenvalue weighted by Crippen LogP contribution is -2.28. The van der Waals surface area contributed by atoms with Crippen LogP contribution >= 0.6 is 22.7 Å². The Kier molecular flexibility index (Phi) is 8.48. The zero-order valence-electron chi connectivity index (χ0n) is 18.5. The first-order valence-corrected chi connectivity index (χ1v) is 13.5. The van der Waals surface area contributed by atoms with Gasteiger partial charge in [0.15, 0.2) is 19.8 Å². The van der Waals surface area contributed by atoms with Crippen LogP contribution in [0.25, 0.3) is 10.2 Å². The molecule has 0 aliphatic heterocycles. The van der Waals surface area contributed by atoms with E-state index in [1.165, 1.54) is 30.0 Å². The summed E-state index contributed by atoms with van der Waals surface area (Å²) in [4.78, 5) is 56.1. The molecule has 3 aromatic rings. The van der Waals surface area contributed by atoms with Crippen molar-refractivity contribution in [1.29, 1.82) is 0 Å². The van der Waals surface area contributed by atoms with Crippen molar-refractivity contribution in [2.45, 2.75) is 13.5 Å². The molecule has 0 fully saturated rings. The summed E-state index contributed by atoms with van der Waals surface area (Å²) >= 11 is 2.09. The van der Waals surface area contributed by atoms with Crippen LogP contribution in [-0.2, 0) is 40.2 Å². The molecule has 186 valence electrons. The summed E-state index contributed by atoms with van der Waals surface area (Å²) in [5, 5.41) is 4.18. The molecule has 0 spiro atoms. The normalized spacial score (nSPS) is 11.9. The maximum Gasteiger partial charge on any atom is 0.338 e. The van der Waals surface area contributed by atoms with Crippen molar-refractivity contribution in [2.24, 2.45) is 4.99 Å². The molecule has 1 aromatic carbocycles. The number of methoxy groups -OCH3 is 1. The molecule has 0 bridgehead atoms. The number of nitrogens with one attached hydrogen (secondary N) is 1. The van der Waals surface area contributed by atoms with Gasteiger partial charge in [-0.1, -0.05) is 11.3 Å². The molecule has 0 atom stereocenters. The average molecular weight is 541 g/mol. The Bertz CT molecular complexity index is 1440. The highest BCUT2D eigenvalue weighted by Crippen LogP contribution is 2.20. The van der Waals surface area contributed by atoms with Crippen molar-refractivity contribution in [2.75, 3.05) is 30.5 Å². The third-order valence-corrected chi connectivity index (χ3v) is 7.42. The van der Waals surface area contributed by atoms with E-state index in [4.69, 9.17) is 9.47 Å². The van der Waals surface area contributed by atoms with Gasteiger partial charge in [0, 0.05) is 11.6 Å². The highest BCUT2D eigenvalue weighted by atomic mass is 32.2. The van der Waals surface area contributed by atoms with Crippen LogP contribution in [0.5, 0.6) is 0 Å². The van der Waals surface area contributed by atoms with Gasteiger partial charge in [-0.2, -0.15) is 4.99 Å². The summed E-state index contributed by atoms with van der Waals surface area (Å²) in [6, 6.07) is 4.58. The van der Waals surface area contributed by atoms with Gasteiger partial charge in [0.1, 0.15) is 18.1 Å². The van der Waals surface area contributed by atoms with Crippen LogP contribution < -0.4 is 10.1 Å². The van der Waals surface area contributed by atoms with Crippen LogP contribution in [0.1, 0.15) is 17.3 Å². The van der Waals surface area contributed by atoms with Crippen LogP contribution in [0.2, 0.25) is 0 Å². The van der Waals surface area contributed by atoms with Crippen LogP contribution in [0, 0.1) is 0 Å². The molecule has 0 radical (unpaired) electrons. The number of benzene rings is 1. The van der Waals surface area contributed by atoms with E-state index >= 15 is 0 Å². The van der Waals surface area contributed by atoms with E-state index in [2.05, 4.69) is 15.3 Å². The molecular formula is C20H20N4O8S3. The van der Waals surface area contributed by atoms with Gasteiger partial charge < -0.3 is 19.4 Å². The van der Waals surface area contributed by atoms with Crippen LogP contribution in [0.15, 0.2) is 34.8 Å². The quantitative estimate of drug-likeness (QED) is 0.390. The lowest BCUT2D eigenvalue weighted by atomic mass is 10.2. The van der Waals surface area contributed by atoms with Gasteiger partial charge in [0.2, 0.25) is 5.91 Å². The summed E-state index contributed by atoms with van der Waals surface area (Å²) in [7, 11) is -2.94. The van der Waals surface area contributed by atoms with Crippen LogP contribution in [0.3, 0.4) is 0 Å². The highest BCUT2D eigenvalue weighted by molar-refractivity contribution is 7.92. The molecule has 12 nitrogen and oxygen atoms in total. The number of anilines is 1. The number of thiazole rings is 2. The second kappa shape index (κ2) is 11.3. The van der Waals surface area contributed by atoms with Crippen LogP contribution in [-0.4, -0.2) is 66.9 Å². The Morgan fingerprint density at radius 1 is 1.20 bits per heavy atom. The SMILES string of the molecule is CCOC(=O)c1ccc2c(c1)sc(=NC(=O)CS(=O)(=O)CC(=O)Nc1nccs1)n2CC(=O)OC. The van der Waals surface area contributed by atoms with Gasteiger partial charge >= 0.3 is 11.9 Å². The lowest BCUT2D eigenvalue weighted by molar-refractivity contribution is -0.141. The van der Waals surface area contributed by atoms with Crippen molar-refractivity contribution < 1.29 is 37.1 Å². The van der Waals surface area contributed by atoms with Crippen molar-refractivity contribution in [1.82, 2.24) is 9.55 Å². The third-order valence-electron chi connectivity index (χ3n) is 4.30. The minimum atomic E-state index is -4.13. The molecule has 0 aliphatic rings. The first-order chi connectivity index (χ1) is 16.6. The Morgan fingerprint density at radius 2 is 1.97 bits per heavy atom. The van der Waals surface area contributed by atoms with Crippen molar-refractivity contribution in [3.8, 4) is 0 Å². The average Bonchev–Trinajstić information content (AvgIpc) is 3.40. The number of rotatable bonds is 9. The fraction of sp³-hybridized carbons (Fsp3) is 0.300. The molecule has 3 rings (SSSR count). The number of hydrogen-bond acceptors (Lipinski definition) is 11. The van der Waals surface area contributed by atoms with Gasteiger partial charge in [-0.15, -0.1) is 11.3 Å². The minimum Gasteiger partial charge on any atom is -0.468 e. The van der Waals surface area contributed by atoms with Crippen molar-refractivity contribution in [3.63, 3.8) is 0 Å². The van der Waals surface area contributed by atoms with Crippen LogP contribution in [0.4, 0.5) is 5.13 Å². The maximum absolute atomic E-state index is 12.5. The van der Waals surface area contributed by atoms with E-state index in [0.29, 0.717) is 10.2 Å². The highest BCUT2D eigenvalue weighted by Gasteiger charge is 2.22. The molecule has 35 heavy (non-hydrogen) atoms. The van der Waals surface area contributed by atoms with E-state index in [1.54, 1.807) is 18.4 Å². The number of ether oxygens (including phenoxy) is 2. The number of aromatic nitrogens is 2. The number of carbonyl (C=O) groups excluding carboxylic acids is 4. The molecule has 1 N–H and O–H groups in total. The number of amides is 2. The lowest BCUT2D eigenvalue weighted by Gasteiger charge is -2.05. The Morgan fingerprint density at radius 3 is 2.63 bits per heavy atom. The molecule has 0 unspecified atom stereocenters. The molecular weight excluding hydrogens is 520 g/mol. The minimum absolute atomic E-state index is 0.0267. The summed E-state index contributed by atoms with van der Waals surface area (Å²) in [5.41, 5.74) is 0.739. The number of carbonyl (C=O) groups is 4. The Labute approximate surface area is 207 Å². The molecule has 0 saturated carbocycles. The van der Waals surface area contributed by atoms with Gasteiger partial charge in [0.25, 0.3) is 5.91 Å². The third kappa shape index (κ3) is 7.03. The summed E-state index contributed by atoms with van der Waals surface area (Å²) < 4.78 is 36.3. The first-order valence-electron chi connectivity index (χ1n) is 9.96. The molecule has 15 heteroatoms. The maximum atomic E-state index is 12.5. The van der Waals surface area contributed by atoms with E-state index in [1.807, 2.05) is 0 Å². The fourth-order valence-corrected chi connectivity index (χ4v) is 5.51. The van der Waals surface area contributed by atoms with Gasteiger partial charge in [-0.05, 0) is 25.1 Å². The number of esters is 2. The molecule has 0 saturated heterocycles. The second-order valence-corrected chi connectivity index (χ2v) is 10.8. The van der Waals surface area contributed by atoms with Gasteiger partial charge in [-0.3, -0.25) is 14.4 Å². The number of fused-ring (bicyclic) bond motifs is 1. The molecule has 2 heterocycles. The fourth-order valence-electron chi connectivity index (χ4n) is 2.86. The number of hydrogen-bond donors (Lipinski definition) is 1. The smallest absolute Gasteiger partial charge is 0.338 e. The van der Waals surface area contributed by atoms with Crippen molar-refractivity contribution >= 4 is 71.6 Å². The predicted octanol–water partition coefficient (Wildman–Crippen LogP) is 0.990. The van der Waals surface area contributed by atoms with Gasteiger partial charge in [-0.25, -0.2) is 18.2 Å². The zero-order valence-corrected chi connectivity index (χ0v) is 21.0. The Hall–Kier alpha value is -3.43. The number of sulfone groups is 1. The second-order valence-electron chi connectivity index (χ2n) is 6.87.